The maximum Gasteiger partial charge on any atom is 0.323 e. The summed E-state index contributed by atoms with van der Waals surface area (Å²) >= 11 is 0. The van der Waals surface area contributed by atoms with Crippen LogP contribution in [0.4, 0.5) is 0 Å². The zero-order valence-corrected chi connectivity index (χ0v) is 10.9. The summed E-state index contributed by atoms with van der Waals surface area (Å²) in [6, 6.07) is 6.22. The predicted octanol–water partition coefficient (Wildman–Crippen LogP) is 2.60. The van der Waals surface area contributed by atoms with Crippen molar-refractivity contribution in [1.29, 1.82) is 0 Å². The molecule has 1 rings (SSSR count). The summed E-state index contributed by atoms with van der Waals surface area (Å²) in [4.78, 5) is 11.0. The third-order valence-electron chi connectivity index (χ3n) is 3.32. The molecule has 0 saturated carbocycles. The van der Waals surface area contributed by atoms with Crippen molar-refractivity contribution in [3.05, 3.63) is 34.9 Å². The smallest absolute Gasteiger partial charge is 0.323 e. The average molecular weight is 235 g/mol. The molecule has 3 heteroatoms. The monoisotopic (exact) mass is 235 g/mol. The Morgan fingerprint density at radius 3 is 2.47 bits per heavy atom. The summed E-state index contributed by atoms with van der Waals surface area (Å²) < 4.78 is 0. The van der Waals surface area contributed by atoms with Gasteiger partial charge in [-0.3, -0.25) is 4.79 Å². The molecule has 3 nitrogen and oxygen atoms in total. The van der Waals surface area contributed by atoms with Gasteiger partial charge < -0.3 is 10.8 Å². The highest BCUT2D eigenvalue weighted by atomic mass is 16.4. The topological polar surface area (TPSA) is 63.3 Å². The molecule has 0 aromatic heterocycles. The molecule has 1 aromatic rings. The summed E-state index contributed by atoms with van der Waals surface area (Å²) in [6.45, 7) is 7.70. The Bertz CT molecular complexity index is 424. The summed E-state index contributed by atoms with van der Waals surface area (Å²) in [6.07, 6.45) is 0.435. The molecule has 0 aliphatic rings. The first-order chi connectivity index (χ1) is 7.74. The first kappa shape index (κ1) is 13.7. The number of nitrogens with two attached hydrogens (primary N) is 1. The van der Waals surface area contributed by atoms with Crippen molar-refractivity contribution in [2.24, 2.45) is 5.73 Å². The van der Waals surface area contributed by atoms with Crippen LogP contribution in [0.1, 0.15) is 42.9 Å². The molecule has 0 saturated heterocycles. The maximum atomic E-state index is 11.0. The van der Waals surface area contributed by atoms with E-state index in [1.54, 1.807) is 6.92 Å². The normalized spacial score (nSPS) is 16.3. The Balaban J connectivity index is 2.87. The van der Waals surface area contributed by atoms with E-state index in [0.717, 1.165) is 5.56 Å². The van der Waals surface area contributed by atoms with E-state index >= 15 is 0 Å². The molecule has 0 fully saturated rings. The van der Waals surface area contributed by atoms with Gasteiger partial charge in [0.05, 0.1) is 0 Å². The van der Waals surface area contributed by atoms with Crippen LogP contribution >= 0.6 is 0 Å². The molecular weight excluding hydrogens is 214 g/mol. The molecule has 0 aliphatic heterocycles. The number of carbonyl (C=O) groups is 1. The molecule has 0 aliphatic carbocycles. The number of hydrogen-bond donors (Lipinski definition) is 2. The fourth-order valence-corrected chi connectivity index (χ4v) is 1.91. The van der Waals surface area contributed by atoms with Crippen LogP contribution in [0, 0.1) is 13.8 Å². The van der Waals surface area contributed by atoms with E-state index in [-0.39, 0.29) is 5.92 Å². The number of aliphatic carboxylic acids is 1. The highest BCUT2D eigenvalue weighted by Crippen LogP contribution is 2.26. The lowest BCUT2D eigenvalue weighted by atomic mass is 9.86. The van der Waals surface area contributed by atoms with Gasteiger partial charge in [0.25, 0.3) is 0 Å². The van der Waals surface area contributed by atoms with Crippen molar-refractivity contribution < 1.29 is 9.90 Å². The van der Waals surface area contributed by atoms with Gasteiger partial charge in [-0.05, 0) is 49.8 Å². The van der Waals surface area contributed by atoms with Crippen LogP contribution in [0.3, 0.4) is 0 Å². The molecule has 2 unspecified atom stereocenters. The van der Waals surface area contributed by atoms with Gasteiger partial charge in [-0.25, -0.2) is 0 Å². The minimum absolute atomic E-state index is 0.139. The third-order valence-corrected chi connectivity index (χ3v) is 3.32. The van der Waals surface area contributed by atoms with E-state index in [4.69, 9.17) is 10.8 Å². The largest absolute Gasteiger partial charge is 0.480 e. The van der Waals surface area contributed by atoms with E-state index < -0.39 is 11.5 Å². The van der Waals surface area contributed by atoms with E-state index in [9.17, 15) is 4.79 Å². The van der Waals surface area contributed by atoms with Gasteiger partial charge >= 0.3 is 5.97 Å². The maximum absolute atomic E-state index is 11.0. The minimum Gasteiger partial charge on any atom is -0.480 e. The fraction of sp³-hybridized carbons (Fsp3) is 0.500. The van der Waals surface area contributed by atoms with Crippen LogP contribution in [0.15, 0.2) is 18.2 Å². The van der Waals surface area contributed by atoms with Crippen LogP contribution in [0.5, 0.6) is 0 Å². The summed E-state index contributed by atoms with van der Waals surface area (Å²) in [5.41, 5.74) is 8.21. The molecule has 3 N–H and O–H groups in total. The zero-order chi connectivity index (χ0) is 13.2. The van der Waals surface area contributed by atoms with Gasteiger partial charge in [0.1, 0.15) is 5.54 Å². The molecule has 2 atom stereocenters. The Morgan fingerprint density at radius 2 is 2.00 bits per heavy atom. The molecule has 17 heavy (non-hydrogen) atoms. The summed E-state index contributed by atoms with van der Waals surface area (Å²) in [5, 5.41) is 9.01. The van der Waals surface area contributed by atoms with Crippen molar-refractivity contribution in [3.8, 4) is 0 Å². The van der Waals surface area contributed by atoms with Gasteiger partial charge in [-0.2, -0.15) is 0 Å². The molecule has 0 bridgehead atoms. The standard InChI is InChI=1S/C14H21NO2/c1-9-5-6-12(7-10(9)2)11(3)8-14(4,15)13(16)17/h5-7,11H,8,15H2,1-4H3,(H,16,17). The number of carboxylic acids is 1. The van der Waals surface area contributed by atoms with Gasteiger partial charge in [0, 0.05) is 0 Å². The molecule has 0 heterocycles. The van der Waals surface area contributed by atoms with Crippen LogP contribution in [-0.4, -0.2) is 16.6 Å². The van der Waals surface area contributed by atoms with E-state index in [0.29, 0.717) is 6.42 Å². The number of aryl methyl sites for hydroxylation is 2. The number of rotatable bonds is 4. The molecule has 0 amide bonds. The highest BCUT2D eigenvalue weighted by molar-refractivity contribution is 5.77. The van der Waals surface area contributed by atoms with Crippen molar-refractivity contribution in [1.82, 2.24) is 0 Å². The second-order valence-electron chi connectivity index (χ2n) is 5.17. The third kappa shape index (κ3) is 3.30. The van der Waals surface area contributed by atoms with Gasteiger partial charge in [-0.1, -0.05) is 25.1 Å². The summed E-state index contributed by atoms with van der Waals surface area (Å²) in [7, 11) is 0. The van der Waals surface area contributed by atoms with Crippen molar-refractivity contribution in [3.63, 3.8) is 0 Å². The van der Waals surface area contributed by atoms with Crippen molar-refractivity contribution in [2.45, 2.75) is 45.6 Å². The van der Waals surface area contributed by atoms with Crippen LogP contribution in [0.25, 0.3) is 0 Å². The van der Waals surface area contributed by atoms with Crippen molar-refractivity contribution in [2.75, 3.05) is 0 Å². The van der Waals surface area contributed by atoms with E-state index in [2.05, 4.69) is 26.0 Å². The lowest BCUT2D eigenvalue weighted by Crippen LogP contribution is -2.45. The number of hydrogen-bond acceptors (Lipinski definition) is 2. The Morgan fingerprint density at radius 1 is 1.41 bits per heavy atom. The lowest BCUT2D eigenvalue weighted by molar-refractivity contribution is -0.143. The molecule has 0 spiro atoms. The van der Waals surface area contributed by atoms with Gasteiger partial charge in [0.15, 0.2) is 0 Å². The Kier molecular flexibility index (Phi) is 3.94. The van der Waals surface area contributed by atoms with Gasteiger partial charge in [0.2, 0.25) is 0 Å². The van der Waals surface area contributed by atoms with Gasteiger partial charge in [-0.15, -0.1) is 0 Å². The van der Waals surface area contributed by atoms with Crippen LogP contribution in [0.2, 0.25) is 0 Å². The molecule has 1 aromatic carbocycles. The molecule has 0 radical (unpaired) electrons. The quantitative estimate of drug-likeness (QED) is 0.843. The number of benzene rings is 1. The first-order valence-electron chi connectivity index (χ1n) is 5.83. The van der Waals surface area contributed by atoms with E-state index in [1.807, 2.05) is 13.0 Å². The predicted molar refractivity (Wildman–Crippen MR) is 69.2 cm³/mol. The van der Waals surface area contributed by atoms with Crippen LogP contribution < -0.4 is 5.73 Å². The molecular formula is C14H21NO2. The molecule has 94 valence electrons. The summed E-state index contributed by atoms with van der Waals surface area (Å²) in [5.74, 6) is -0.811. The zero-order valence-electron chi connectivity index (χ0n) is 10.9. The van der Waals surface area contributed by atoms with Crippen molar-refractivity contribution >= 4 is 5.97 Å². The second kappa shape index (κ2) is 4.88. The SMILES string of the molecule is Cc1ccc(C(C)CC(C)(N)C(=O)O)cc1C. The average Bonchev–Trinajstić information content (AvgIpc) is 2.21. The first-order valence-corrected chi connectivity index (χ1v) is 5.83. The second-order valence-corrected chi connectivity index (χ2v) is 5.17. The Labute approximate surface area is 103 Å². The fourth-order valence-electron chi connectivity index (χ4n) is 1.91. The van der Waals surface area contributed by atoms with Crippen LogP contribution in [-0.2, 0) is 4.79 Å². The Hall–Kier alpha value is -1.35. The number of carboxylic acid groups (broad SMARTS) is 1. The lowest BCUT2D eigenvalue weighted by Gasteiger charge is -2.24. The van der Waals surface area contributed by atoms with E-state index in [1.165, 1.54) is 11.1 Å². The highest BCUT2D eigenvalue weighted by Gasteiger charge is 2.30. The minimum atomic E-state index is -1.17.